The number of carbonyl (C=O) groups is 1. The maximum absolute atomic E-state index is 13.3. The van der Waals surface area contributed by atoms with Crippen molar-refractivity contribution in [3.05, 3.63) is 106 Å². The van der Waals surface area contributed by atoms with Crippen LogP contribution in [0.25, 0.3) is 27.8 Å². The Morgan fingerprint density at radius 1 is 0.933 bits per heavy atom. The van der Waals surface area contributed by atoms with Crippen molar-refractivity contribution in [2.45, 2.75) is 6.54 Å². The van der Waals surface area contributed by atoms with Crippen LogP contribution in [0.15, 0.2) is 83.8 Å². The van der Waals surface area contributed by atoms with Gasteiger partial charge in [-0.05, 0) is 35.9 Å². The summed E-state index contributed by atoms with van der Waals surface area (Å²) in [5.41, 5.74) is 3.40. The van der Waals surface area contributed by atoms with E-state index in [2.05, 4.69) is 5.10 Å². The van der Waals surface area contributed by atoms with Gasteiger partial charge in [-0.1, -0.05) is 42.5 Å². The maximum Gasteiger partial charge on any atom is 0.282 e. The van der Waals surface area contributed by atoms with Crippen molar-refractivity contribution in [3.63, 3.8) is 0 Å². The fourth-order valence-electron chi connectivity index (χ4n) is 3.74. The summed E-state index contributed by atoms with van der Waals surface area (Å²) in [5.74, 6) is -0.291. The second-order valence-electron chi connectivity index (χ2n) is 7.06. The third kappa shape index (κ3) is 2.90. The van der Waals surface area contributed by atoms with Crippen molar-refractivity contribution >= 4 is 17.2 Å². The summed E-state index contributed by atoms with van der Waals surface area (Å²) < 4.78 is 16.5. The number of halogens is 1. The number of carbonyl (C=O) groups excluding carboxylic acids is 1. The third-order valence-corrected chi connectivity index (χ3v) is 5.19. The number of nitrogens with zero attached hydrogens (tertiary/aromatic N) is 3. The van der Waals surface area contributed by atoms with Gasteiger partial charge >= 0.3 is 0 Å². The van der Waals surface area contributed by atoms with Gasteiger partial charge in [0.05, 0.1) is 16.8 Å². The molecule has 6 heteroatoms. The highest BCUT2D eigenvalue weighted by Crippen LogP contribution is 2.29. The molecule has 0 amide bonds. The fourth-order valence-corrected chi connectivity index (χ4v) is 3.74. The molecule has 5 nitrogen and oxygen atoms in total. The van der Waals surface area contributed by atoms with Gasteiger partial charge in [-0.3, -0.25) is 9.59 Å². The lowest BCUT2D eigenvalue weighted by Crippen LogP contribution is -2.16. The number of aldehydes is 1. The number of rotatable bonds is 4. The van der Waals surface area contributed by atoms with Crippen LogP contribution in [0.3, 0.4) is 0 Å². The number of hydrogen-bond donors (Lipinski definition) is 0. The first kappa shape index (κ1) is 18.0. The van der Waals surface area contributed by atoms with E-state index in [0.717, 1.165) is 16.5 Å². The average molecular weight is 397 g/mol. The van der Waals surface area contributed by atoms with Gasteiger partial charge in [0.25, 0.3) is 5.56 Å². The highest BCUT2D eigenvalue weighted by atomic mass is 19.1. The average Bonchev–Trinajstić information content (AvgIpc) is 3.12. The van der Waals surface area contributed by atoms with Crippen molar-refractivity contribution in [2.24, 2.45) is 0 Å². The number of hydrogen-bond acceptors (Lipinski definition) is 3. The monoisotopic (exact) mass is 397 g/mol. The minimum atomic E-state index is -0.294. The summed E-state index contributed by atoms with van der Waals surface area (Å²) in [6.45, 7) is 0.478. The molecular weight excluding hydrogens is 381 g/mol. The first-order valence-corrected chi connectivity index (χ1v) is 9.45. The van der Waals surface area contributed by atoms with Gasteiger partial charge in [0.1, 0.15) is 11.5 Å². The molecule has 0 fully saturated rings. The Labute approximate surface area is 171 Å². The van der Waals surface area contributed by atoms with E-state index in [9.17, 15) is 14.0 Å². The van der Waals surface area contributed by atoms with Crippen LogP contribution in [0, 0.1) is 5.82 Å². The van der Waals surface area contributed by atoms with E-state index in [1.54, 1.807) is 42.6 Å². The Hall–Kier alpha value is -4.06. The van der Waals surface area contributed by atoms with E-state index in [-0.39, 0.29) is 11.4 Å². The SMILES string of the molecule is O=Cc1ccccc1-n1nc2c3ccccc3n(Cc3ccc(F)cc3)cc-2c1=O. The second-order valence-corrected chi connectivity index (χ2v) is 7.06. The van der Waals surface area contributed by atoms with Crippen molar-refractivity contribution in [2.75, 3.05) is 0 Å². The van der Waals surface area contributed by atoms with Crippen molar-refractivity contribution in [3.8, 4) is 16.9 Å². The number of para-hydroxylation sites is 2. The van der Waals surface area contributed by atoms with Crippen LogP contribution in [-0.2, 0) is 6.54 Å². The van der Waals surface area contributed by atoms with E-state index >= 15 is 0 Å². The summed E-state index contributed by atoms with van der Waals surface area (Å²) in [4.78, 5) is 24.7. The van der Waals surface area contributed by atoms with Crippen molar-refractivity contribution in [1.29, 1.82) is 0 Å². The van der Waals surface area contributed by atoms with E-state index in [4.69, 9.17) is 0 Å². The summed E-state index contributed by atoms with van der Waals surface area (Å²) >= 11 is 0. The van der Waals surface area contributed by atoms with Crippen LogP contribution in [0.5, 0.6) is 0 Å². The quantitative estimate of drug-likeness (QED) is 0.425. The molecule has 0 radical (unpaired) electrons. The summed E-state index contributed by atoms with van der Waals surface area (Å²) in [6.07, 6.45) is 2.49. The van der Waals surface area contributed by atoms with E-state index in [0.29, 0.717) is 35.3 Å². The van der Waals surface area contributed by atoms with Crippen molar-refractivity contribution < 1.29 is 9.18 Å². The zero-order valence-corrected chi connectivity index (χ0v) is 15.8. The van der Waals surface area contributed by atoms with Gasteiger partial charge in [-0.25, -0.2) is 4.39 Å². The molecule has 2 aliphatic heterocycles. The molecule has 3 aromatic rings. The van der Waals surface area contributed by atoms with Gasteiger partial charge in [0, 0.05) is 23.7 Å². The molecule has 0 atom stereocenters. The van der Waals surface area contributed by atoms with Gasteiger partial charge in [0.2, 0.25) is 0 Å². The molecule has 5 rings (SSSR count). The summed E-state index contributed by atoms with van der Waals surface area (Å²) in [6, 6.07) is 20.8. The Balaban J connectivity index is 1.76. The predicted molar refractivity (Wildman–Crippen MR) is 113 cm³/mol. The Morgan fingerprint density at radius 3 is 2.47 bits per heavy atom. The number of pyridine rings is 1. The standard InChI is InChI=1S/C24H16FN3O2/c25-18-11-9-16(10-12-18)13-27-14-20-23(19-6-2-4-8-22(19)27)26-28(24(20)30)21-7-3-1-5-17(21)15-29/h1-12,14-15H,13H2. The summed E-state index contributed by atoms with van der Waals surface area (Å²) in [5, 5.41) is 5.39. The molecule has 0 spiro atoms. The van der Waals surface area contributed by atoms with Crippen LogP contribution < -0.4 is 5.56 Å². The Bertz CT molecular complexity index is 1420. The molecule has 0 bridgehead atoms. The minimum Gasteiger partial charge on any atom is -0.342 e. The van der Waals surface area contributed by atoms with E-state index in [1.807, 2.05) is 28.8 Å². The lowest BCUT2D eigenvalue weighted by Gasteiger charge is -2.13. The lowest BCUT2D eigenvalue weighted by molar-refractivity contribution is 0.112. The molecule has 2 heterocycles. The largest absolute Gasteiger partial charge is 0.342 e. The van der Waals surface area contributed by atoms with Crippen LogP contribution in [0.2, 0.25) is 0 Å². The molecule has 0 unspecified atom stereocenters. The normalized spacial score (nSPS) is 11.2. The predicted octanol–water partition coefficient (Wildman–Crippen LogP) is 4.29. The molecule has 0 aliphatic carbocycles. The molecule has 0 saturated heterocycles. The van der Waals surface area contributed by atoms with Gasteiger partial charge < -0.3 is 4.57 Å². The molecule has 0 aromatic heterocycles. The minimum absolute atomic E-state index is 0.291. The zero-order chi connectivity index (χ0) is 20.7. The van der Waals surface area contributed by atoms with Crippen LogP contribution in [0.4, 0.5) is 4.39 Å². The third-order valence-electron chi connectivity index (χ3n) is 5.19. The highest BCUT2D eigenvalue weighted by molar-refractivity contribution is 5.94. The number of aromatic nitrogens is 3. The van der Waals surface area contributed by atoms with Gasteiger partial charge in [0.15, 0.2) is 6.29 Å². The van der Waals surface area contributed by atoms with E-state index in [1.165, 1.54) is 16.8 Å². The fraction of sp³-hybridized carbons (Fsp3) is 0.0417. The molecule has 0 N–H and O–H groups in total. The lowest BCUT2D eigenvalue weighted by atomic mass is 10.1. The molecule has 30 heavy (non-hydrogen) atoms. The van der Waals surface area contributed by atoms with Crippen molar-refractivity contribution in [1.82, 2.24) is 14.3 Å². The maximum atomic E-state index is 13.3. The molecular formula is C24H16FN3O2. The first-order chi connectivity index (χ1) is 14.7. The molecule has 3 aromatic carbocycles. The van der Waals surface area contributed by atoms with E-state index < -0.39 is 0 Å². The Morgan fingerprint density at radius 2 is 1.67 bits per heavy atom. The van der Waals surface area contributed by atoms with Crippen LogP contribution >= 0.6 is 0 Å². The molecule has 146 valence electrons. The highest BCUT2D eigenvalue weighted by Gasteiger charge is 2.21. The topological polar surface area (TPSA) is 56.9 Å². The van der Waals surface area contributed by atoms with Gasteiger partial charge in [-0.15, -0.1) is 0 Å². The molecule has 2 aliphatic rings. The first-order valence-electron chi connectivity index (χ1n) is 9.45. The molecule has 0 saturated carbocycles. The van der Waals surface area contributed by atoms with Gasteiger partial charge in [-0.2, -0.15) is 9.78 Å². The Kier molecular flexibility index (Phi) is 4.25. The van der Waals surface area contributed by atoms with Crippen LogP contribution in [-0.4, -0.2) is 20.6 Å². The number of fused-ring (bicyclic) bond motifs is 3. The zero-order valence-electron chi connectivity index (χ0n) is 15.8. The number of benzene rings is 3. The smallest absolute Gasteiger partial charge is 0.282 e. The van der Waals surface area contributed by atoms with Crippen LogP contribution in [0.1, 0.15) is 15.9 Å². The second kappa shape index (κ2) is 7.08. The summed E-state index contributed by atoms with van der Waals surface area (Å²) in [7, 11) is 0.